The molecule has 0 radical (unpaired) electrons. The molecular weight excluding hydrogens is 260 g/mol. The summed E-state index contributed by atoms with van der Waals surface area (Å²) in [7, 11) is 0. The van der Waals surface area contributed by atoms with Gasteiger partial charge in [-0.15, -0.1) is 23.2 Å². The highest BCUT2D eigenvalue weighted by Crippen LogP contribution is 1.82. The number of hydrogen-bond donors (Lipinski definition) is 0. The van der Waals surface area contributed by atoms with Gasteiger partial charge < -0.3 is 4.74 Å². The molecule has 0 bridgehead atoms. The average molecular weight is 273 g/mol. The molecular formula is C9H12Cl3NO2. The minimum absolute atomic E-state index is 0.194. The summed E-state index contributed by atoms with van der Waals surface area (Å²) in [6.07, 6.45) is 3.50. The van der Waals surface area contributed by atoms with Crippen LogP contribution in [0, 0.1) is 0 Å². The number of halogens is 3. The van der Waals surface area contributed by atoms with Crippen molar-refractivity contribution in [1.82, 2.24) is 4.98 Å². The molecule has 1 aromatic rings. The Bertz CT molecular complexity index is 195. The first-order valence-corrected chi connectivity index (χ1v) is 5.42. The van der Waals surface area contributed by atoms with Crippen LogP contribution in [0.15, 0.2) is 30.6 Å². The molecule has 0 N–H and O–H groups in total. The largest absolute Gasteiger partial charge is 0.454 e. The van der Waals surface area contributed by atoms with Crippen LogP contribution in [0.25, 0.3) is 0 Å². The summed E-state index contributed by atoms with van der Waals surface area (Å²) in [5.74, 6) is 0. The Labute approximate surface area is 104 Å². The summed E-state index contributed by atoms with van der Waals surface area (Å²) in [4.78, 5) is 13.4. The van der Waals surface area contributed by atoms with E-state index in [-0.39, 0.29) is 5.34 Å². The van der Waals surface area contributed by atoms with E-state index in [1.54, 1.807) is 19.3 Å². The van der Waals surface area contributed by atoms with Crippen LogP contribution in [0.2, 0.25) is 0 Å². The molecule has 0 amide bonds. The molecule has 0 unspecified atom stereocenters. The second-order valence-electron chi connectivity index (χ2n) is 1.80. The maximum Gasteiger partial charge on any atom is 0.403 e. The minimum Gasteiger partial charge on any atom is -0.454 e. The number of nitrogens with zero attached hydrogens (tertiary/aromatic N) is 1. The summed E-state index contributed by atoms with van der Waals surface area (Å²) in [5.41, 5.74) is -0.738. The summed E-state index contributed by atoms with van der Waals surface area (Å²) < 4.78 is 4.17. The average Bonchev–Trinajstić information content (AvgIpc) is 2.22. The van der Waals surface area contributed by atoms with Gasteiger partial charge in [0.15, 0.2) is 0 Å². The second kappa shape index (κ2) is 15.9. The van der Waals surface area contributed by atoms with Crippen molar-refractivity contribution >= 4 is 40.2 Å². The van der Waals surface area contributed by atoms with E-state index in [1.807, 2.05) is 18.2 Å². The van der Waals surface area contributed by atoms with Crippen LogP contribution >= 0.6 is 34.8 Å². The SMILES string of the molecule is CCOC(=O)Cl.ClCCl.c1ccncc1. The van der Waals surface area contributed by atoms with Crippen molar-refractivity contribution in [3.63, 3.8) is 0 Å². The molecule has 0 spiro atoms. The van der Waals surface area contributed by atoms with Crippen LogP contribution in [0.3, 0.4) is 0 Å². The zero-order valence-electron chi connectivity index (χ0n) is 8.20. The van der Waals surface area contributed by atoms with Crippen molar-refractivity contribution in [2.45, 2.75) is 6.92 Å². The van der Waals surface area contributed by atoms with E-state index in [2.05, 4.69) is 9.72 Å². The van der Waals surface area contributed by atoms with E-state index < -0.39 is 5.43 Å². The highest BCUT2D eigenvalue weighted by molar-refractivity contribution is 6.61. The van der Waals surface area contributed by atoms with Gasteiger partial charge >= 0.3 is 5.43 Å². The summed E-state index contributed by atoms with van der Waals surface area (Å²) in [6, 6.07) is 5.72. The lowest BCUT2D eigenvalue weighted by Gasteiger charge is -1.86. The molecule has 0 aliphatic heterocycles. The van der Waals surface area contributed by atoms with Crippen LogP contribution in [0.5, 0.6) is 0 Å². The van der Waals surface area contributed by atoms with Gasteiger partial charge in [-0.05, 0) is 19.1 Å². The molecule has 15 heavy (non-hydrogen) atoms. The lowest BCUT2D eigenvalue weighted by molar-refractivity contribution is 0.180. The van der Waals surface area contributed by atoms with E-state index >= 15 is 0 Å². The van der Waals surface area contributed by atoms with Crippen molar-refractivity contribution in [2.75, 3.05) is 11.9 Å². The van der Waals surface area contributed by atoms with E-state index in [4.69, 9.17) is 34.8 Å². The summed E-state index contributed by atoms with van der Waals surface area (Å²) in [5, 5.41) is 0.194. The fraction of sp³-hybridized carbons (Fsp3) is 0.333. The van der Waals surface area contributed by atoms with E-state index in [1.165, 1.54) is 0 Å². The van der Waals surface area contributed by atoms with Gasteiger partial charge in [0.05, 0.1) is 11.9 Å². The van der Waals surface area contributed by atoms with E-state index in [9.17, 15) is 4.79 Å². The molecule has 0 saturated heterocycles. The fourth-order valence-corrected chi connectivity index (χ4v) is 0.535. The monoisotopic (exact) mass is 271 g/mol. The van der Waals surface area contributed by atoms with Crippen molar-refractivity contribution < 1.29 is 9.53 Å². The third-order valence-electron chi connectivity index (χ3n) is 0.824. The highest BCUT2D eigenvalue weighted by Gasteiger charge is 1.86. The summed E-state index contributed by atoms with van der Waals surface area (Å²) >= 11 is 14.2. The zero-order chi connectivity index (χ0) is 11.9. The van der Waals surface area contributed by atoms with Gasteiger partial charge in [-0.2, -0.15) is 0 Å². The molecule has 1 rings (SSSR count). The van der Waals surface area contributed by atoms with E-state index in [0.717, 1.165) is 0 Å². The number of rotatable bonds is 1. The van der Waals surface area contributed by atoms with Crippen molar-refractivity contribution in [1.29, 1.82) is 0 Å². The van der Waals surface area contributed by atoms with Crippen LogP contribution in [-0.2, 0) is 4.74 Å². The highest BCUT2D eigenvalue weighted by atomic mass is 35.5. The minimum atomic E-state index is -0.738. The Morgan fingerprint density at radius 1 is 1.27 bits per heavy atom. The number of alkyl halides is 2. The number of carbonyl (C=O) groups excluding carboxylic acids is 1. The molecule has 0 aliphatic rings. The van der Waals surface area contributed by atoms with Crippen LogP contribution < -0.4 is 0 Å². The predicted octanol–water partition coefficient (Wildman–Crippen LogP) is 3.88. The van der Waals surface area contributed by atoms with Crippen molar-refractivity contribution in [3.05, 3.63) is 30.6 Å². The van der Waals surface area contributed by atoms with Crippen LogP contribution in [0.1, 0.15) is 6.92 Å². The van der Waals surface area contributed by atoms with Crippen molar-refractivity contribution in [3.8, 4) is 0 Å². The van der Waals surface area contributed by atoms with Gasteiger partial charge in [0.25, 0.3) is 0 Å². The molecule has 0 fully saturated rings. The molecule has 0 atom stereocenters. The maximum absolute atomic E-state index is 9.59. The predicted molar refractivity (Wildman–Crippen MR) is 63.7 cm³/mol. The normalized spacial score (nSPS) is 7.47. The van der Waals surface area contributed by atoms with Crippen LogP contribution in [-0.4, -0.2) is 22.4 Å². The lowest BCUT2D eigenvalue weighted by atomic mass is 10.5. The molecule has 0 saturated carbocycles. The van der Waals surface area contributed by atoms with Gasteiger partial charge in [0.1, 0.15) is 0 Å². The standard InChI is InChI=1S/C5H5N.C3H5ClO2.CH2Cl2/c1-2-4-6-5-3-1;1-2-6-3(4)5;2-1-3/h1-5H;2H2,1H3;1H2. The Morgan fingerprint density at radius 3 is 1.80 bits per heavy atom. The molecule has 86 valence electrons. The lowest BCUT2D eigenvalue weighted by Crippen LogP contribution is -1.89. The maximum atomic E-state index is 9.59. The molecule has 1 heterocycles. The molecule has 0 aromatic carbocycles. The first-order chi connectivity index (χ1) is 7.18. The van der Waals surface area contributed by atoms with Gasteiger partial charge in [-0.3, -0.25) is 4.98 Å². The Balaban J connectivity index is 0. The van der Waals surface area contributed by atoms with Crippen molar-refractivity contribution in [2.24, 2.45) is 0 Å². The van der Waals surface area contributed by atoms with Gasteiger partial charge in [0, 0.05) is 24.0 Å². The van der Waals surface area contributed by atoms with Gasteiger partial charge in [0.2, 0.25) is 0 Å². The number of carbonyl (C=O) groups is 1. The topological polar surface area (TPSA) is 39.2 Å². The molecule has 0 aliphatic carbocycles. The number of ether oxygens (including phenoxy) is 1. The second-order valence-corrected chi connectivity index (χ2v) is 2.91. The first-order valence-electron chi connectivity index (χ1n) is 3.98. The third kappa shape index (κ3) is 24.7. The third-order valence-corrected chi connectivity index (χ3v) is 0.933. The zero-order valence-corrected chi connectivity index (χ0v) is 10.5. The first kappa shape index (κ1) is 16.9. The van der Waals surface area contributed by atoms with Gasteiger partial charge in [-0.25, -0.2) is 4.79 Å². The summed E-state index contributed by atoms with van der Waals surface area (Å²) in [6.45, 7) is 2.04. The Morgan fingerprint density at radius 2 is 1.73 bits per heavy atom. The quantitative estimate of drug-likeness (QED) is 0.575. The molecule has 3 nitrogen and oxygen atoms in total. The Hall–Kier alpha value is -0.510. The molecule has 1 aromatic heterocycles. The number of pyridine rings is 1. The smallest absolute Gasteiger partial charge is 0.403 e. The Kier molecular flexibility index (Phi) is 18.0. The number of hydrogen-bond acceptors (Lipinski definition) is 3. The van der Waals surface area contributed by atoms with E-state index in [0.29, 0.717) is 6.61 Å². The number of aromatic nitrogens is 1. The van der Waals surface area contributed by atoms with Crippen LogP contribution in [0.4, 0.5) is 4.79 Å². The van der Waals surface area contributed by atoms with Gasteiger partial charge in [-0.1, -0.05) is 6.07 Å². The molecule has 6 heteroatoms. The fourth-order valence-electron chi connectivity index (χ4n) is 0.426.